The summed E-state index contributed by atoms with van der Waals surface area (Å²) in [5.41, 5.74) is 3.50. The van der Waals surface area contributed by atoms with Crippen molar-refractivity contribution in [2.24, 2.45) is 0 Å². The second kappa shape index (κ2) is 5.48. The fourth-order valence-corrected chi connectivity index (χ4v) is 2.23. The number of rotatable bonds is 3. The van der Waals surface area contributed by atoms with Crippen LogP contribution in [0.2, 0.25) is 0 Å². The molecule has 4 heteroatoms. The lowest BCUT2D eigenvalue weighted by atomic mass is 10.1. The molecule has 0 amide bonds. The fourth-order valence-electron chi connectivity index (χ4n) is 1.90. The first-order chi connectivity index (χ1) is 8.60. The van der Waals surface area contributed by atoms with Gasteiger partial charge in [-0.05, 0) is 48.8 Å². The SMILES string of the molecule is CCNc1nc(-c2cc(C)cc(C)c2)ncc1Br. The first-order valence-corrected chi connectivity index (χ1v) is 6.74. The quantitative estimate of drug-likeness (QED) is 0.933. The third-order valence-electron chi connectivity index (χ3n) is 2.57. The highest BCUT2D eigenvalue weighted by atomic mass is 79.9. The molecule has 0 saturated carbocycles. The average molecular weight is 306 g/mol. The molecule has 94 valence electrons. The summed E-state index contributed by atoms with van der Waals surface area (Å²) in [6, 6.07) is 6.35. The Bertz CT molecular complexity index is 547. The minimum absolute atomic E-state index is 0.751. The highest BCUT2D eigenvalue weighted by molar-refractivity contribution is 9.10. The predicted octanol–water partition coefficient (Wildman–Crippen LogP) is 3.95. The molecule has 2 aromatic rings. The molecule has 1 aromatic heterocycles. The van der Waals surface area contributed by atoms with Gasteiger partial charge in [0.15, 0.2) is 5.82 Å². The van der Waals surface area contributed by atoms with E-state index in [0.29, 0.717) is 0 Å². The zero-order valence-electron chi connectivity index (χ0n) is 10.8. The van der Waals surface area contributed by atoms with E-state index in [0.717, 1.165) is 28.2 Å². The van der Waals surface area contributed by atoms with Crippen LogP contribution in [0.25, 0.3) is 11.4 Å². The number of halogens is 1. The summed E-state index contributed by atoms with van der Waals surface area (Å²) in [5, 5.41) is 3.22. The molecular formula is C14H16BrN3. The Kier molecular flexibility index (Phi) is 3.97. The van der Waals surface area contributed by atoms with E-state index in [9.17, 15) is 0 Å². The number of nitrogens with zero attached hydrogens (tertiary/aromatic N) is 2. The molecule has 0 unspecified atom stereocenters. The maximum Gasteiger partial charge on any atom is 0.161 e. The van der Waals surface area contributed by atoms with E-state index in [4.69, 9.17) is 0 Å². The van der Waals surface area contributed by atoms with Gasteiger partial charge in [-0.15, -0.1) is 0 Å². The Morgan fingerprint density at radius 3 is 2.44 bits per heavy atom. The second-order valence-electron chi connectivity index (χ2n) is 4.30. The van der Waals surface area contributed by atoms with Crippen LogP contribution in [-0.4, -0.2) is 16.5 Å². The summed E-state index contributed by atoms with van der Waals surface area (Å²) in [5.74, 6) is 1.59. The Morgan fingerprint density at radius 2 is 1.83 bits per heavy atom. The molecule has 0 atom stereocenters. The van der Waals surface area contributed by atoms with Crippen molar-refractivity contribution in [3.05, 3.63) is 40.0 Å². The van der Waals surface area contributed by atoms with Crippen molar-refractivity contribution in [3.8, 4) is 11.4 Å². The van der Waals surface area contributed by atoms with Crippen molar-refractivity contribution < 1.29 is 0 Å². The summed E-state index contributed by atoms with van der Waals surface area (Å²) in [4.78, 5) is 8.92. The molecule has 2 rings (SSSR count). The Morgan fingerprint density at radius 1 is 1.17 bits per heavy atom. The van der Waals surface area contributed by atoms with E-state index in [1.165, 1.54) is 11.1 Å². The molecule has 0 aliphatic rings. The number of hydrogen-bond acceptors (Lipinski definition) is 3. The third-order valence-corrected chi connectivity index (χ3v) is 3.15. The smallest absolute Gasteiger partial charge is 0.161 e. The molecule has 1 heterocycles. The third kappa shape index (κ3) is 2.88. The summed E-state index contributed by atoms with van der Waals surface area (Å²) < 4.78 is 0.887. The van der Waals surface area contributed by atoms with Gasteiger partial charge in [-0.1, -0.05) is 17.2 Å². The van der Waals surface area contributed by atoms with Crippen LogP contribution in [0.3, 0.4) is 0 Å². The Labute approximate surface area is 116 Å². The van der Waals surface area contributed by atoms with Crippen molar-refractivity contribution in [3.63, 3.8) is 0 Å². The Hall–Kier alpha value is -1.42. The number of aryl methyl sites for hydroxylation is 2. The lowest BCUT2D eigenvalue weighted by Gasteiger charge is -2.08. The maximum atomic E-state index is 4.55. The van der Waals surface area contributed by atoms with E-state index in [-0.39, 0.29) is 0 Å². The summed E-state index contributed by atoms with van der Waals surface area (Å²) in [6.07, 6.45) is 1.79. The van der Waals surface area contributed by atoms with Crippen molar-refractivity contribution in [1.82, 2.24) is 9.97 Å². The van der Waals surface area contributed by atoms with Gasteiger partial charge in [0.05, 0.1) is 4.47 Å². The predicted molar refractivity (Wildman–Crippen MR) is 78.8 cm³/mol. The molecule has 18 heavy (non-hydrogen) atoms. The van der Waals surface area contributed by atoms with Gasteiger partial charge in [0.2, 0.25) is 0 Å². The van der Waals surface area contributed by atoms with Gasteiger partial charge < -0.3 is 5.32 Å². The molecule has 1 aromatic carbocycles. The minimum atomic E-state index is 0.751. The minimum Gasteiger partial charge on any atom is -0.369 e. The highest BCUT2D eigenvalue weighted by Gasteiger charge is 2.07. The van der Waals surface area contributed by atoms with Crippen LogP contribution in [0.4, 0.5) is 5.82 Å². The van der Waals surface area contributed by atoms with Crippen LogP contribution in [0.15, 0.2) is 28.9 Å². The van der Waals surface area contributed by atoms with Crippen LogP contribution in [0.1, 0.15) is 18.1 Å². The van der Waals surface area contributed by atoms with Crippen LogP contribution in [0.5, 0.6) is 0 Å². The first kappa shape index (κ1) is 13.0. The normalized spacial score (nSPS) is 10.4. The fraction of sp³-hybridized carbons (Fsp3) is 0.286. The molecule has 0 aliphatic heterocycles. The second-order valence-corrected chi connectivity index (χ2v) is 5.15. The van der Waals surface area contributed by atoms with E-state index in [2.05, 4.69) is 63.3 Å². The lowest BCUT2D eigenvalue weighted by molar-refractivity contribution is 1.10. The number of nitrogens with one attached hydrogen (secondary N) is 1. The summed E-state index contributed by atoms with van der Waals surface area (Å²) >= 11 is 3.45. The van der Waals surface area contributed by atoms with Crippen LogP contribution in [-0.2, 0) is 0 Å². The van der Waals surface area contributed by atoms with Crippen molar-refractivity contribution in [2.75, 3.05) is 11.9 Å². The van der Waals surface area contributed by atoms with Crippen LogP contribution >= 0.6 is 15.9 Å². The molecule has 0 radical (unpaired) electrons. The van der Waals surface area contributed by atoms with Crippen molar-refractivity contribution >= 4 is 21.7 Å². The number of hydrogen-bond donors (Lipinski definition) is 1. The monoisotopic (exact) mass is 305 g/mol. The number of aromatic nitrogens is 2. The molecule has 0 aliphatic carbocycles. The van der Waals surface area contributed by atoms with Crippen LogP contribution in [0, 0.1) is 13.8 Å². The molecule has 0 spiro atoms. The molecule has 0 bridgehead atoms. The molecule has 3 nitrogen and oxygen atoms in total. The van der Waals surface area contributed by atoms with Gasteiger partial charge in [-0.3, -0.25) is 0 Å². The van der Waals surface area contributed by atoms with E-state index in [1.807, 2.05) is 6.92 Å². The standard InChI is InChI=1S/C14H16BrN3/c1-4-16-14-12(15)8-17-13(18-14)11-6-9(2)5-10(3)7-11/h5-8H,4H2,1-3H3,(H,16,17,18). The zero-order chi connectivity index (χ0) is 13.1. The number of benzene rings is 1. The van der Waals surface area contributed by atoms with Gasteiger partial charge in [0.25, 0.3) is 0 Å². The topological polar surface area (TPSA) is 37.8 Å². The average Bonchev–Trinajstić information content (AvgIpc) is 2.31. The largest absolute Gasteiger partial charge is 0.369 e. The molecule has 0 saturated heterocycles. The molecule has 0 fully saturated rings. The van der Waals surface area contributed by atoms with E-state index >= 15 is 0 Å². The molecule has 1 N–H and O–H groups in total. The molecular weight excluding hydrogens is 290 g/mol. The van der Waals surface area contributed by atoms with Crippen molar-refractivity contribution in [2.45, 2.75) is 20.8 Å². The van der Waals surface area contributed by atoms with Gasteiger partial charge in [-0.25, -0.2) is 9.97 Å². The summed E-state index contributed by atoms with van der Waals surface area (Å²) in [6.45, 7) is 7.05. The number of anilines is 1. The highest BCUT2D eigenvalue weighted by Crippen LogP contribution is 2.24. The lowest BCUT2D eigenvalue weighted by Crippen LogP contribution is -2.02. The Balaban J connectivity index is 2.47. The first-order valence-electron chi connectivity index (χ1n) is 5.95. The van der Waals surface area contributed by atoms with Gasteiger partial charge in [0, 0.05) is 18.3 Å². The van der Waals surface area contributed by atoms with Crippen molar-refractivity contribution in [1.29, 1.82) is 0 Å². The van der Waals surface area contributed by atoms with E-state index in [1.54, 1.807) is 6.20 Å². The summed E-state index contributed by atoms with van der Waals surface area (Å²) in [7, 11) is 0. The van der Waals surface area contributed by atoms with Gasteiger partial charge >= 0.3 is 0 Å². The van der Waals surface area contributed by atoms with E-state index < -0.39 is 0 Å². The zero-order valence-corrected chi connectivity index (χ0v) is 12.4. The van der Waals surface area contributed by atoms with Gasteiger partial charge in [0.1, 0.15) is 5.82 Å². The van der Waals surface area contributed by atoms with Gasteiger partial charge in [-0.2, -0.15) is 0 Å². The van der Waals surface area contributed by atoms with Crippen LogP contribution < -0.4 is 5.32 Å². The maximum absolute atomic E-state index is 4.55.